The van der Waals surface area contributed by atoms with Crippen LogP contribution in [0.4, 0.5) is 21.9 Å². The Balaban J connectivity index is 1.09. The van der Waals surface area contributed by atoms with Crippen LogP contribution in [0.1, 0.15) is 77.0 Å². The highest BCUT2D eigenvalue weighted by molar-refractivity contribution is 7.20. The Labute approximate surface area is 358 Å². The van der Waals surface area contributed by atoms with Gasteiger partial charge in [0.25, 0.3) is 5.91 Å². The third kappa shape index (κ3) is 11.4. The minimum absolute atomic E-state index is 0.0419. The standard InChI is InChI=1S/C45H52N4O11S/c1-5-21-59-45(54)49(43(60-41-13-7-9-22-58-41)34-11-6-8-20-48(34)28-50)35-27-37(36(55-3)24-29(35)2)57-23-10-12-40(51)46-32-16-14-30(15-17-32)42(52)47-33-18-19-38-31(25-33)26-39(61-38)44(53)56-4/h5,14-19,24-28,34,41,43H,1,6-13,20-23H2,2-4H3,(H,46,51)(H,47,52). The number of methoxy groups -OCH3 is 2. The molecular formula is C45H52N4O11S. The number of esters is 1. The van der Waals surface area contributed by atoms with Gasteiger partial charge in [0.15, 0.2) is 24.0 Å². The van der Waals surface area contributed by atoms with E-state index in [1.807, 2.05) is 13.0 Å². The van der Waals surface area contributed by atoms with E-state index in [1.165, 1.54) is 36.5 Å². The number of nitrogens with one attached hydrogen (secondary N) is 2. The Kier molecular flexibility index (Phi) is 15.7. The molecule has 2 saturated heterocycles. The first kappa shape index (κ1) is 44.6. The topological polar surface area (TPSA) is 171 Å². The van der Waals surface area contributed by atoms with E-state index >= 15 is 0 Å². The highest BCUT2D eigenvalue weighted by atomic mass is 32.1. The maximum Gasteiger partial charge on any atom is 0.416 e. The maximum absolute atomic E-state index is 14.0. The number of ether oxygens (including phenoxy) is 6. The predicted molar refractivity (Wildman–Crippen MR) is 232 cm³/mol. The fourth-order valence-corrected chi connectivity index (χ4v) is 8.27. The number of fused-ring (bicyclic) bond motifs is 1. The first-order valence-electron chi connectivity index (χ1n) is 20.3. The number of benzene rings is 3. The molecule has 2 N–H and O–H groups in total. The zero-order valence-corrected chi connectivity index (χ0v) is 35.5. The zero-order chi connectivity index (χ0) is 43.3. The van der Waals surface area contributed by atoms with Crippen LogP contribution in [0.5, 0.6) is 11.5 Å². The first-order valence-corrected chi connectivity index (χ1v) is 21.1. The molecule has 324 valence electrons. The Bertz CT molecular complexity index is 2190. The highest BCUT2D eigenvalue weighted by Crippen LogP contribution is 2.39. The van der Waals surface area contributed by atoms with Gasteiger partial charge in [0.1, 0.15) is 11.5 Å². The van der Waals surface area contributed by atoms with Crippen LogP contribution in [0.15, 0.2) is 73.3 Å². The largest absolute Gasteiger partial charge is 0.493 e. The summed E-state index contributed by atoms with van der Waals surface area (Å²) in [6.45, 7) is 6.69. The van der Waals surface area contributed by atoms with Crippen molar-refractivity contribution in [1.82, 2.24) is 4.90 Å². The van der Waals surface area contributed by atoms with Gasteiger partial charge in [-0.05, 0) is 117 Å². The third-order valence-electron chi connectivity index (χ3n) is 10.4. The van der Waals surface area contributed by atoms with Crippen molar-refractivity contribution < 1.29 is 52.4 Å². The first-order chi connectivity index (χ1) is 29.6. The van der Waals surface area contributed by atoms with Crippen LogP contribution in [0.3, 0.4) is 0 Å². The molecule has 3 heterocycles. The molecule has 3 aromatic carbocycles. The molecule has 4 amide bonds. The number of carbonyl (C=O) groups excluding carboxylic acids is 5. The van der Waals surface area contributed by atoms with Crippen LogP contribution >= 0.6 is 11.3 Å². The molecule has 3 unspecified atom stereocenters. The molecule has 0 radical (unpaired) electrons. The molecule has 16 heteroatoms. The summed E-state index contributed by atoms with van der Waals surface area (Å²) in [4.78, 5) is 67.8. The van der Waals surface area contributed by atoms with E-state index in [4.69, 9.17) is 28.4 Å². The lowest BCUT2D eigenvalue weighted by molar-refractivity contribution is -0.201. The summed E-state index contributed by atoms with van der Waals surface area (Å²) >= 11 is 1.31. The van der Waals surface area contributed by atoms with Crippen LogP contribution in [0.25, 0.3) is 10.1 Å². The Hall–Kier alpha value is -5.97. The smallest absolute Gasteiger partial charge is 0.416 e. The number of aryl methyl sites for hydroxylation is 1. The van der Waals surface area contributed by atoms with Gasteiger partial charge in [0.2, 0.25) is 12.3 Å². The van der Waals surface area contributed by atoms with Gasteiger partial charge in [-0.25, -0.2) is 14.5 Å². The Morgan fingerprint density at radius 1 is 0.967 bits per heavy atom. The molecule has 2 fully saturated rings. The van der Waals surface area contributed by atoms with E-state index in [2.05, 4.69) is 17.2 Å². The number of likely N-dealkylation sites (tertiary alicyclic amines) is 1. The van der Waals surface area contributed by atoms with E-state index < -0.39 is 30.6 Å². The van der Waals surface area contributed by atoms with Gasteiger partial charge >= 0.3 is 12.1 Å². The van der Waals surface area contributed by atoms with Crippen LogP contribution in [-0.2, 0) is 28.5 Å². The van der Waals surface area contributed by atoms with E-state index in [9.17, 15) is 24.0 Å². The summed E-state index contributed by atoms with van der Waals surface area (Å²) in [5.74, 6) is -0.232. The molecule has 0 spiro atoms. The van der Waals surface area contributed by atoms with E-state index in [-0.39, 0.29) is 31.4 Å². The number of hydrogen-bond acceptors (Lipinski definition) is 12. The fraction of sp³-hybridized carbons (Fsp3) is 0.400. The van der Waals surface area contributed by atoms with Gasteiger partial charge in [0.05, 0.1) is 32.6 Å². The van der Waals surface area contributed by atoms with E-state index in [0.29, 0.717) is 77.0 Å². The minimum atomic E-state index is -0.941. The van der Waals surface area contributed by atoms with E-state index in [1.54, 1.807) is 59.5 Å². The molecule has 61 heavy (non-hydrogen) atoms. The fourth-order valence-electron chi connectivity index (χ4n) is 7.31. The van der Waals surface area contributed by atoms with Crippen molar-refractivity contribution in [3.63, 3.8) is 0 Å². The molecule has 4 aromatic rings. The molecule has 1 aromatic heterocycles. The monoisotopic (exact) mass is 856 g/mol. The zero-order valence-electron chi connectivity index (χ0n) is 34.6. The minimum Gasteiger partial charge on any atom is -0.493 e. The van der Waals surface area contributed by atoms with Crippen LogP contribution in [-0.4, -0.2) is 94.3 Å². The second-order valence-electron chi connectivity index (χ2n) is 14.6. The van der Waals surface area contributed by atoms with Crippen molar-refractivity contribution in [2.75, 3.05) is 56.1 Å². The summed E-state index contributed by atoms with van der Waals surface area (Å²) < 4.78 is 35.7. The Morgan fingerprint density at radius 3 is 2.48 bits per heavy atom. The summed E-state index contributed by atoms with van der Waals surface area (Å²) in [5, 5.41) is 6.54. The number of thiophene rings is 1. The van der Waals surface area contributed by atoms with Gasteiger partial charge < -0.3 is 44.0 Å². The van der Waals surface area contributed by atoms with Crippen molar-refractivity contribution in [2.45, 2.75) is 76.9 Å². The summed E-state index contributed by atoms with van der Waals surface area (Å²) in [6.07, 6.45) is 5.30. The van der Waals surface area contributed by atoms with Crippen LogP contribution in [0.2, 0.25) is 0 Å². The molecule has 15 nitrogen and oxygen atoms in total. The summed E-state index contributed by atoms with van der Waals surface area (Å²) in [5.41, 5.74) is 2.60. The molecule has 2 aliphatic heterocycles. The maximum atomic E-state index is 14.0. The predicted octanol–water partition coefficient (Wildman–Crippen LogP) is 8.06. The van der Waals surface area contributed by atoms with Crippen molar-refractivity contribution >= 4 is 68.8 Å². The number of anilines is 3. The lowest BCUT2D eigenvalue weighted by Gasteiger charge is -2.44. The second kappa shape index (κ2) is 21.5. The highest BCUT2D eigenvalue weighted by Gasteiger charge is 2.41. The number of nitrogens with zero attached hydrogens (tertiary/aromatic N) is 2. The van der Waals surface area contributed by atoms with Crippen LogP contribution < -0.4 is 25.0 Å². The van der Waals surface area contributed by atoms with E-state index in [0.717, 1.165) is 42.2 Å². The SMILES string of the molecule is C=CCOC(=O)N(c1cc(OCCCC(=O)Nc2ccc(C(=O)Nc3ccc4sc(C(=O)OC)cc4c3)cc2)c(OC)cc1C)C(OC1CCCCO1)C1CCCCN1C=O. The third-order valence-corrected chi connectivity index (χ3v) is 11.5. The van der Waals surface area contributed by atoms with Gasteiger partial charge in [-0.3, -0.25) is 14.4 Å². The number of rotatable bonds is 18. The summed E-state index contributed by atoms with van der Waals surface area (Å²) in [6, 6.07) is 16.6. The average molecular weight is 857 g/mol. The molecule has 6 rings (SSSR count). The van der Waals surface area contributed by atoms with Gasteiger partial charge in [0, 0.05) is 47.3 Å². The average Bonchev–Trinajstić information content (AvgIpc) is 3.71. The Morgan fingerprint density at radius 2 is 1.75 bits per heavy atom. The molecule has 0 saturated carbocycles. The number of piperidine rings is 1. The summed E-state index contributed by atoms with van der Waals surface area (Å²) in [7, 11) is 2.85. The normalized spacial score (nSPS) is 16.8. The molecular weight excluding hydrogens is 805 g/mol. The molecule has 3 atom stereocenters. The lowest BCUT2D eigenvalue weighted by Crippen LogP contribution is -2.58. The van der Waals surface area contributed by atoms with Gasteiger partial charge in [-0.1, -0.05) is 12.7 Å². The number of amides is 4. The van der Waals surface area contributed by atoms with Crippen molar-refractivity contribution in [3.05, 3.63) is 89.3 Å². The second-order valence-corrected chi connectivity index (χ2v) is 15.7. The number of carbonyl (C=O) groups is 5. The lowest BCUT2D eigenvalue weighted by atomic mass is 9.99. The number of hydrogen-bond donors (Lipinski definition) is 2. The van der Waals surface area contributed by atoms with Crippen molar-refractivity contribution in [2.24, 2.45) is 0 Å². The van der Waals surface area contributed by atoms with Crippen molar-refractivity contribution in [1.29, 1.82) is 0 Å². The quantitative estimate of drug-likeness (QED) is 0.0326. The molecule has 2 aliphatic rings. The van der Waals surface area contributed by atoms with Crippen molar-refractivity contribution in [3.8, 4) is 11.5 Å². The molecule has 0 aliphatic carbocycles. The van der Waals surface area contributed by atoms with Gasteiger partial charge in [-0.2, -0.15) is 0 Å². The van der Waals surface area contributed by atoms with Crippen LogP contribution in [0, 0.1) is 6.92 Å². The van der Waals surface area contributed by atoms with Gasteiger partial charge in [-0.15, -0.1) is 11.3 Å². The molecule has 0 bridgehead atoms.